The first-order valence-corrected chi connectivity index (χ1v) is 7.46. The first-order valence-electron chi connectivity index (χ1n) is 7.46. The zero-order valence-corrected chi connectivity index (χ0v) is 13.0. The van der Waals surface area contributed by atoms with Crippen LogP contribution in [0.1, 0.15) is 32.4 Å². The maximum Gasteiger partial charge on any atom is 0.228 e. The van der Waals surface area contributed by atoms with E-state index in [4.69, 9.17) is 4.74 Å². The number of ether oxygens (including phenoxy) is 1. The van der Waals surface area contributed by atoms with Gasteiger partial charge in [0.1, 0.15) is 0 Å². The van der Waals surface area contributed by atoms with Crippen molar-refractivity contribution >= 4 is 5.95 Å². The fourth-order valence-corrected chi connectivity index (χ4v) is 2.51. The Hall–Kier alpha value is -1.36. The van der Waals surface area contributed by atoms with E-state index in [1.54, 1.807) is 7.11 Å². The topological polar surface area (TPSA) is 50.3 Å². The van der Waals surface area contributed by atoms with Crippen molar-refractivity contribution in [2.24, 2.45) is 5.92 Å². The number of piperidine rings is 1. The van der Waals surface area contributed by atoms with E-state index in [-0.39, 0.29) is 0 Å². The van der Waals surface area contributed by atoms with Gasteiger partial charge in [-0.2, -0.15) is 4.98 Å². The summed E-state index contributed by atoms with van der Waals surface area (Å²) in [6.45, 7) is 9.54. The average Bonchev–Trinajstić information content (AvgIpc) is 2.45. The van der Waals surface area contributed by atoms with Gasteiger partial charge in [0.05, 0.1) is 7.11 Å². The Balaban J connectivity index is 1.91. The van der Waals surface area contributed by atoms with Crippen molar-refractivity contribution in [1.29, 1.82) is 0 Å². The maximum atomic E-state index is 5.22. The minimum absolute atomic E-state index is 0.567. The molecule has 2 rings (SSSR count). The number of nitrogens with one attached hydrogen (secondary N) is 1. The molecule has 0 bridgehead atoms. The molecule has 2 heterocycles. The molecule has 1 saturated heterocycles. The van der Waals surface area contributed by atoms with Crippen LogP contribution >= 0.6 is 0 Å². The van der Waals surface area contributed by atoms with Gasteiger partial charge in [0.25, 0.3) is 0 Å². The Morgan fingerprint density at radius 3 is 2.65 bits per heavy atom. The van der Waals surface area contributed by atoms with Crippen molar-refractivity contribution in [3.05, 3.63) is 11.8 Å². The highest BCUT2D eigenvalue weighted by molar-refractivity contribution is 5.34. The van der Waals surface area contributed by atoms with Crippen LogP contribution in [0.3, 0.4) is 0 Å². The summed E-state index contributed by atoms with van der Waals surface area (Å²) in [4.78, 5) is 11.2. The molecule has 0 atom stereocenters. The van der Waals surface area contributed by atoms with E-state index in [0.29, 0.717) is 11.9 Å². The molecule has 5 heteroatoms. The lowest BCUT2D eigenvalue weighted by atomic mass is 9.97. The van der Waals surface area contributed by atoms with Crippen LogP contribution in [0.15, 0.2) is 6.07 Å². The summed E-state index contributed by atoms with van der Waals surface area (Å²) in [6, 6.07) is 2.43. The highest BCUT2D eigenvalue weighted by Crippen LogP contribution is 2.22. The van der Waals surface area contributed by atoms with Crippen LogP contribution in [0.4, 0.5) is 5.95 Å². The molecule has 0 unspecified atom stereocenters. The van der Waals surface area contributed by atoms with Crippen molar-refractivity contribution in [1.82, 2.24) is 15.3 Å². The fourth-order valence-electron chi connectivity index (χ4n) is 2.51. The predicted octanol–water partition coefficient (Wildman–Crippen LogP) is 2.01. The smallest absolute Gasteiger partial charge is 0.228 e. The maximum absolute atomic E-state index is 5.22. The molecule has 5 nitrogen and oxygen atoms in total. The van der Waals surface area contributed by atoms with Crippen LogP contribution in [0.2, 0.25) is 0 Å². The van der Waals surface area contributed by atoms with Crippen molar-refractivity contribution in [2.75, 3.05) is 31.6 Å². The molecule has 0 radical (unpaired) electrons. The molecule has 0 saturated carbocycles. The van der Waals surface area contributed by atoms with Gasteiger partial charge in [-0.15, -0.1) is 0 Å². The third kappa shape index (κ3) is 4.07. The number of hydrogen-bond donors (Lipinski definition) is 1. The summed E-state index contributed by atoms with van der Waals surface area (Å²) in [7, 11) is 1.65. The molecule has 112 valence electrons. The normalized spacial score (nSPS) is 16.8. The van der Waals surface area contributed by atoms with Crippen LogP contribution in [-0.2, 0) is 0 Å². The molecule has 1 aromatic rings. The second-order valence-electron chi connectivity index (χ2n) is 5.85. The van der Waals surface area contributed by atoms with E-state index in [1.165, 1.54) is 12.8 Å². The second-order valence-corrected chi connectivity index (χ2v) is 5.85. The summed E-state index contributed by atoms with van der Waals surface area (Å²) >= 11 is 0. The standard InChI is InChI=1S/C15H26N4O/c1-11(2)16-10-13-5-7-19(8-6-13)15-17-12(3)9-14(18-15)20-4/h9,11,13,16H,5-8,10H2,1-4H3. The van der Waals surface area contributed by atoms with Crippen LogP contribution in [0.25, 0.3) is 0 Å². The lowest BCUT2D eigenvalue weighted by Crippen LogP contribution is -2.39. The number of methoxy groups -OCH3 is 1. The number of aromatic nitrogens is 2. The molecule has 0 amide bonds. The highest BCUT2D eigenvalue weighted by Gasteiger charge is 2.21. The Bertz CT molecular complexity index is 428. The lowest BCUT2D eigenvalue weighted by molar-refractivity contribution is 0.365. The number of nitrogens with zero attached hydrogens (tertiary/aromatic N) is 3. The number of rotatable bonds is 5. The SMILES string of the molecule is COc1cc(C)nc(N2CCC(CNC(C)C)CC2)n1. The summed E-state index contributed by atoms with van der Waals surface area (Å²) < 4.78 is 5.22. The summed E-state index contributed by atoms with van der Waals surface area (Å²) in [6.07, 6.45) is 2.39. The zero-order valence-electron chi connectivity index (χ0n) is 13.0. The Kier molecular flexibility index (Phi) is 5.17. The quantitative estimate of drug-likeness (QED) is 0.893. The number of hydrogen-bond acceptors (Lipinski definition) is 5. The van der Waals surface area contributed by atoms with Crippen LogP contribution in [-0.4, -0.2) is 42.8 Å². The van der Waals surface area contributed by atoms with E-state index in [1.807, 2.05) is 13.0 Å². The molecule has 0 aromatic carbocycles. The predicted molar refractivity (Wildman–Crippen MR) is 81.4 cm³/mol. The fraction of sp³-hybridized carbons (Fsp3) is 0.733. The largest absolute Gasteiger partial charge is 0.481 e. The van der Waals surface area contributed by atoms with Crippen LogP contribution < -0.4 is 15.0 Å². The van der Waals surface area contributed by atoms with Crippen molar-refractivity contribution in [3.8, 4) is 5.88 Å². The van der Waals surface area contributed by atoms with Gasteiger partial charge in [-0.25, -0.2) is 4.98 Å². The van der Waals surface area contributed by atoms with E-state index < -0.39 is 0 Å². The van der Waals surface area contributed by atoms with Crippen LogP contribution in [0, 0.1) is 12.8 Å². The molecule has 1 aliphatic heterocycles. The van der Waals surface area contributed by atoms with Crippen molar-refractivity contribution in [3.63, 3.8) is 0 Å². The summed E-state index contributed by atoms with van der Waals surface area (Å²) in [5.74, 6) is 2.22. The summed E-state index contributed by atoms with van der Waals surface area (Å²) in [5, 5.41) is 3.53. The molecule has 20 heavy (non-hydrogen) atoms. The number of aryl methyl sites for hydroxylation is 1. The molecule has 1 aliphatic rings. The minimum atomic E-state index is 0.567. The van der Waals surface area contributed by atoms with Gasteiger partial charge in [-0.3, -0.25) is 0 Å². The average molecular weight is 278 g/mol. The monoisotopic (exact) mass is 278 g/mol. The van der Waals surface area contributed by atoms with Crippen LogP contribution in [0.5, 0.6) is 5.88 Å². The molecule has 0 aliphatic carbocycles. The molecular formula is C15H26N4O. The van der Waals surface area contributed by atoms with Gasteiger partial charge in [0.15, 0.2) is 0 Å². The van der Waals surface area contributed by atoms with Gasteiger partial charge >= 0.3 is 0 Å². The lowest BCUT2D eigenvalue weighted by Gasteiger charge is -2.32. The molecule has 1 fully saturated rings. The molecule has 1 aromatic heterocycles. The third-order valence-corrected chi connectivity index (χ3v) is 3.74. The molecule has 1 N–H and O–H groups in total. The second kappa shape index (κ2) is 6.88. The molecule has 0 spiro atoms. The Morgan fingerprint density at radius 1 is 1.35 bits per heavy atom. The number of anilines is 1. The van der Waals surface area contributed by atoms with E-state index in [9.17, 15) is 0 Å². The van der Waals surface area contributed by atoms with Gasteiger partial charge < -0.3 is 15.0 Å². The van der Waals surface area contributed by atoms with E-state index >= 15 is 0 Å². The van der Waals surface area contributed by atoms with Gasteiger partial charge in [0.2, 0.25) is 11.8 Å². The Labute approximate surface area is 121 Å². The first-order chi connectivity index (χ1) is 9.58. The first kappa shape index (κ1) is 15.0. The van der Waals surface area contributed by atoms with Crippen molar-refractivity contribution in [2.45, 2.75) is 39.7 Å². The van der Waals surface area contributed by atoms with Gasteiger partial charge in [0, 0.05) is 30.9 Å². The van der Waals surface area contributed by atoms with Gasteiger partial charge in [-0.1, -0.05) is 13.8 Å². The Morgan fingerprint density at radius 2 is 2.05 bits per heavy atom. The summed E-state index contributed by atoms with van der Waals surface area (Å²) in [5.41, 5.74) is 0.954. The molecular weight excluding hydrogens is 252 g/mol. The van der Waals surface area contributed by atoms with E-state index in [2.05, 4.69) is 34.0 Å². The zero-order chi connectivity index (χ0) is 14.5. The third-order valence-electron chi connectivity index (χ3n) is 3.74. The minimum Gasteiger partial charge on any atom is -0.481 e. The van der Waals surface area contributed by atoms with Crippen molar-refractivity contribution < 1.29 is 4.74 Å². The van der Waals surface area contributed by atoms with Gasteiger partial charge in [-0.05, 0) is 32.2 Å². The van der Waals surface area contributed by atoms with E-state index in [0.717, 1.165) is 37.2 Å². The highest BCUT2D eigenvalue weighted by atomic mass is 16.5.